The quantitative estimate of drug-likeness (QED) is 0.720. The van der Waals surface area contributed by atoms with Gasteiger partial charge in [-0.05, 0) is 23.3 Å². The summed E-state index contributed by atoms with van der Waals surface area (Å²) < 4.78 is 0.427. The van der Waals surface area contributed by atoms with E-state index in [0.717, 1.165) is 32.0 Å². The van der Waals surface area contributed by atoms with Gasteiger partial charge in [-0.1, -0.05) is 60.7 Å². The van der Waals surface area contributed by atoms with Crippen molar-refractivity contribution >= 4 is 18.0 Å². The van der Waals surface area contributed by atoms with Crippen LogP contribution in [0.4, 0.5) is 5.82 Å². The van der Waals surface area contributed by atoms with Crippen LogP contribution in [0.1, 0.15) is 17.2 Å². The normalized spacial score (nSPS) is 15.3. The molecule has 6 heteroatoms. The second-order valence-electron chi connectivity index (χ2n) is 6.39. The predicted octanol–water partition coefficient (Wildman–Crippen LogP) is 3.45. The summed E-state index contributed by atoms with van der Waals surface area (Å²) in [4.78, 5) is 9.18. The number of H-pyrrole nitrogens is 1. The van der Waals surface area contributed by atoms with E-state index in [1.807, 2.05) is 0 Å². The molecule has 1 aromatic heterocycles. The van der Waals surface area contributed by atoms with E-state index in [1.54, 1.807) is 6.20 Å². The lowest BCUT2D eigenvalue weighted by atomic mass is 9.96. The minimum atomic E-state index is 0.268. The van der Waals surface area contributed by atoms with E-state index in [0.29, 0.717) is 4.77 Å². The SMILES string of the molecule is S=c1nc(N2CCN(C(c3ccccc3)c3ccccc3)CC2)cn[nH]1. The zero-order chi connectivity index (χ0) is 17.8. The first-order valence-electron chi connectivity index (χ1n) is 8.82. The van der Waals surface area contributed by atoms with Gasteiger partial charge < -0.3 is 4.90 Å². The van der Waals surface area contributed by atoms with Crippen LogP contribution in [0.15, 0.2) is 66.9 Å². The van der Waals surface area contributed by atoms with Crippen LogP contribution < -0.4 is 4.90 Å². The molecule has 1 aliphatic heterocycles. The number of aromatic nitrogens is 3. The maximum absolute atomic E-state index is 5.10. The fourth-order valence-electron chi connectivity index (χ4n) is 3.55. The average molecular weight is 363 g/mol. The van der Waals surface area contributed by atoms with Crippen molar-refractivity contribution in [1.82, 2.24) is 20.1 Å². The molecule has 0 saturated carbocycles. The largest absolute Gasteiger partial charge is 0.353 e. The van der Waals surface area contributed by atoms with E-state index in [4.69, 9.17) is 12.2 Å². The van der Waals surface area contributed by atoms with Crippen LogP contribution in [0, 0.1) is 4.77 Å². The Morgan fingerprint density at radius 1 is 0.846 bits per heavy atom. The molecule has 26 heavy (non-hydrogen) atoms. The minimum absolute atomic E-state index is 0.268. The summed E-state index contributed by atoms with van der Waals surface area (Å²) in [5, 5.41) is 6.76. The van der Waals surface area contributed by atoms with Gasteiger partial charge in [0.05, 0.1) is 12.2 Å². The first-order chi connectivity index (χ1) is 12.8. The Balaban J connectivity index is 1.56. The molecule has 1 N–H and O–H groups in total. The van der Waals surface area contributed by atoms with Gasteiger partial charge in [-0.25, -0.2) is 0 Å². The van der Waals surface area contributed by atoms with Crippen LogP contribution in [-0.2, 0) is 0 Å². The van der Waals surface area contributed by atoms with Crippen molar-refractivity contribution in [2.45, 2.75) is 6.04 Å². The van der Waals surface area contributed by atoms with Crippen molar-refractivity contribution in [1.29, 1.82) is 0 Å². The molecule has 1 saturated heterocycles. The molecule has 3 aromatic rings. The van der Waals surface area contributed by atoms with Gasteiger partial charge >= 0.3 is 0 Å². The minimum Gasteiger partial charge on any atom is -0.353 e. The average Bonchev–Trinajstić information content (AvgIpc) is 2.70. The lowest BCUT2D eigenvalue weighted by Crippen LogP contribution is -2.48. The monoisotopic (exact) mass is 363 g/mol. The Labute approximate surface area is 158 Å². The smallest absolute Gasteiger partial charge is 0.215 e. The molecular weight excluding hydrogens is 342 g/mol. The summed E-state index contributed by atoms with van der Waals surface area (Å²) in [5.74, 6) is 0.851. The van der Waals surface area contributed by atoms with Gasteiger partial charge in [0, 0.05) is 26.2 Å². The van der Waals surface area contributed by atoms with Crippen molar-refractivity contribution in [2.24, 2.45) is 0 Å². The molecule has 0 aliphatic carbocycles. The molecule has 0 spiro atoms. The molecule has 1 aliphatic rings. The van der Waals surface area contributed by atoms with E-state index in [-0.39, 0.29) is 6.04 Å². The van der Waals surface area contributed by atoms with Crippen molar-refractivity contribution in [3.63, 3.8) is 0 Å². The molecule has 2 heterocycles. The van der Waals surface area contributed by atoms with Gasteiger partial charge in [-0.15, -0.1) is 0 Å². The van der Waals surface area contributed by atoms with E-state index in [1.165, 1.54) is 11.1 Å². The van der Waals surface area contributed by atoms with Gasteiger partial charge in [0.25, 0.3) is 0 Å². The number of benzene rings is 2. The standard InChI is InChI=1S/C20H21N5S/c26-20-22-18(15-21-23-20)24-11-13-25(14-12-24)19(16-7-3-1-4-8-16)17-9-5-2-6-10-17/h1-10,15,19H,11-14H2,(H,22,23,26). The molecule has 0 atom stereocenters. The highest BCUT2D eigenvalue weighted by molar-refractivity contribution is 7.71. The number of piperazine rings is 1. The topological polar surface area (TPSA) is 48.1 Å². The Morgan fingerprint density at radius 3 is 1.96 bits per heavy atom. The molecule has 5 nitrogen and oxygen atoms in total. The first kappa shape index (κ1) is 16.9. The van der Waals surface area contributed by atoms with Gasteiger partial charge in [0.2, 0.25) is 4.77 Å². The lowest BCUT2D eigenvalue weighted by Gasteiger charge is -2.40. The summed E-state index contributed by atoms with van der Waals surface area (Å²) in [6, 6.07) is 21.7. The number of hydrogen-bond donors (Lipinski definition) is 1. The Morgan fingerprint density at radius 2 is 1.42 bits per heavy atom. The summed E-state index contributed by atoms with van der Waals surface area (Å²) in [5.41, 5.74) is 2.66. The molecule has 0 amide bonds. The van der Waals surface area contributed by atoms with Gasteiger partial charge in [0.1, 0.15) is 0 Å². The molecule has 2 aromatic carbocycles. The highest BCUT2D eigenvalue weighted by atomic mass is 32.1. The van der Waals surface area contributed by atoms with Crippen LogP contribution >= 0.6 is 12.2 Å². The van der Waals surface area contributed by atoms with E-state index in [2.05, 4.69) is 85.6 Å². The Hall–Kier alpha value is -2.57. The van der Waals surface area contributed by atoms with Crippen LogP contribution in [0.2, 0.25) is 0 Å². The van der Waals surface area contributed by atoms with Gasteiger partial charge in [-0.2, -0.15) is 10.1 Å². The predicted molar refractivity (Wildman–Crippen MR) is 106 cm³/mol. The third-order valence-electron chi connectivity index (χ3n) is 4.79. The maximum Gasteiger partial charge on any atom is 0.215 e. The van der Waals surface area contributed by atoms with Crippen LogP contribution in [-0.4, -0.2) is 46.3 Å². The van der Waals surface area contributed by atoms with Crippen molar-refractivity contribution in [3.05, 3.63) is 82.8 Å². The number of aromatic amines is 1. The van der Waals surface area contributed by atoms with Gasteiger partial charge in [-0.3, -0.25) is 10.00 Å². The summed E-state index contributed by atoms with van der Waals surface area (Å²) in [6.07, 6.45) is 1.75. The van der Waals surface area contributed by atoms with Crippen molar-refractivity contribution < 1.29 is 0 Å². The number of nitrogens with zero attached hydrogens (tertiary/aromatic N) is 4. The zero-order valence-electron chi connectivity index (χ0n) is 14.5. The Bertz CT molecular complexity index is 849. The fraction of sp³-hybridized carbons (Fsp3) is 0.250. The molecule has 1 fully saturated rings. The fourth-order valence-corrected chi connectivity index (χ4v) is 3.70. The van der Waals surface area contributed by atoms with Gasteiger partial charge in [0.15, 0.2) is 5.82 Å². The van der Waals surface area contributed by atoms with Crippen LogP contribution in [0.5, 0.6) is 0 Å². The zero-order valence-corrected chi connectivity index (χ0v) is 15.3. The molecular formula is C20H21N5S. The van der Waals surface area contributed by atoms with Crippen molar-refractivity contribution in [3.8, 4) is 0 Å². The maximum atomic E-state index is 5.10. The summed E-state index contributed by atoms with van der Waals surface area (Å²) in [7, 11) is 0. The van der Waals surface area contributed by atoms with E-state index < -0.39 is 0 Å². The molecule has 132 valence electrons. The Kier molecular flexibility index (Phi) is 5.04. The summed E-state index contributed by atoms with van der Waals surface area (Å²) >= 11 is 5.10. The number of rotatable bonds is 4. The highest BCUT2D eigenvalue weighted by Gasteiger charge is 2.26. The van der Waals surface area contributed by atoms with Crippen LogP contribution in [0.3, 0.4) is 0 Å². The number of nitrogens with one attached hydrogen (secondary N) is 1. The second kappa shape index (κ2) is 7.76. The highest BCUT2D eigenvalue weighted by Crippen LogP contribution is 2.29. The second-order valence-corrected chi connectivity index (χ2v) is 6.78. The molecule has 4 rings (SSSR count). The summed E-state index contributed by atoms with van der Waals surface area (Å²) in [6.45, 7) is 3.73. The molecule has 0 bridgehead atoms. The third-order valence-corrected chi connectivity index (χ3v) is 4.97. The molecule has 0 radical (unpaired) electrons. The lowest BCUT2D eigenvalue weighted by molar-refractivity contribution is 0.212. The first-order valence-corrected chi connectivity index (χ1v) is 9.23. The number of hydrogen-bond acceptors (Lipinski definition) is 5. The third kappa shape index (κ3) is 3.66. The van der Waals surface area contributed by atoms with E-state index >= 15 is 0 Å². The van der Waals surface area contributed by atoms with Crippen molar-refractivity contribution in [2.75, 3.05) is 31.1 Å². The number of anilines is 1. The molecule has 0 unspecified atom stereocenters. The van der Waals surface area contributed by atoms with Crippen LogP contribution in [0.25, 0.3) is 0 Å². The van der Waals surface area contributed by atoms with E-state index in [9.17, 15) is 0 Å².